The summed E-state index contributed by atoms with van der Waals surface area (Å²) >= 11 is 6.27. The summed E-state index contributed by atoms with van der Waals surface area (Å²) in [7, 11) is 0. The molecular weight excluding hydrogens is 284 g/mol. The Hall–Kier alpha value is -1.55. The van der Waals surface area contributed by atoms with Crippen molar-refractivity contribution in [3.05, 3.63) is 64.7 Å². The lowest BCUT2D eigenvalue weighted by atomic mass is 9.84. The van der Waals surface area contributed by atoms with E-state index in [0.717, 1.165) is 35.8 Å². The number of hydrogen-bond donors (Lipinski definition) is 2. The van der Waals surface area contributed by atoms with E-state index in [1.54, 1.807) is 0 Å². The van der Waals surface area contributed by atoms with Crippen molar-refractivity contribution in [2.75, 3.05) is 6.61 Å². The Labute approximate surface area is 130 Å². The van der Waals surface area contributed by atoms with Crippen molar-refractivity contribution in [3.8, 4) is 5.75 Å². The van der Waals surface area contributed by atoms with Gasteiger partial charge in [0, 0.05) is 17.0 Å². The second kappa shape index (κ2) is 6.48. The number of nitrogens with one attached hydrogen (secondary N) is 1. The van der Waals surface area contributed by atoms with Crippen LogP contribution >= 0.6 is 11.6 Å². The molecule has 2 atom stereocenters. The molecule has 1 aliphatic heterocycles. The van der Waals surface area contributed by atoms with Crippen LogP contribution in [0.4, 0.5) is 0 Å². The topological polar surface area (TPSA) is 47.3 Å². The molecule has 0 spiro atoms. The fraction of sp³-hybridized carbons (Fsp3) is 0.294. The van der Waals surface area contributed by atoms with Crippen LogP contribution in [0.5, 0.6) is 5.75 Å². The Morgan fingerprint density at radius 1 is 1.19 bits per heavy atom. The third-order valence-corrected chi connectivity index (χ3v) is 4.47. The van der Waals surface area contributed by atoms with Gasteiger partial charge in [0.25, 0.3) is 0 Å². The van der Waals surface area contributed by atoms with E-state index >= 15 is 0 Å². The molecule has 0 amide bonds. The van der Waals surface area contributed by atoms with Gasteiger partial charge in [-0.3, -0.25) is 11.3 Å². The first-order chi connectivity index (χ1) is 10.3. The van der Waals surface area contributed by atoms with Crippen molar-refractivity contribution in [3.63, 3.8) is 0 Å². The first-order valence-corrected chi connectivity index (χ1v) is 7.58. The second-order valence-corrected chi connectivity index (χ2v) is 5.76. The third-order valence-electron chi connectivity index (χ3n) is 4.10. The maximum atomic E-state index is 6.27. The maximum Gasteiger partial charge on any atom is 0.122 e. The van der Waals surface area contributed by atoms with E-state index in [1.807, 2.05) is 36.4 Å². The molecular formula is C17H19ClN2O. The van der Waals surface area contributed by atoms with Crippen LogP contribution in [0.2, 0.25) is 5.02 Å². The molecule has 0 bridgehead atoms. The van der Waals surface area contributed by atoms with Crippen molar-refractivity contribution in [1.82, 2.24) is 5.43 Å². The molecule has 0 fully saturated rings. The molecule has 3 nitrogen and oxygen atoms in total. The van der Waals surface area contributed by atoms with Crippen molar-refractivity contribution in [1.29, 1.82) is 0 Å². The Morgan fingerprint density at radius 3 is 2.76 bits per heavy atom. The number of halogens is 1. The molecule has 2 aromatic carbocycles. The number of para-hydroxylation sites is 1. The summed E-state index contributed by atoms with van der Waals surface area (Å²) in [5.74, 6) is 7.12. The molecule has 0 aliphatic carbocycles. The third kappa shape index (κ3) is 3.05. The average Bonchev–Trinajstić information content (AvgIpc) is 2.54. The van der Waals surface area contributed by atoms with Gasteiger partial charge in [0.05, 0.1) is 6.61 Å². The average molecular weight is 303 g/mol. The summed E-state index contributed by atoms with van der Waals surface area (Å²) in [5.41, 5.74) is 5.31. The van der Waals surface area contributed by atoms with E-state index in [4.69, 9.17) is 22.2 Å². The molecule has 3 N–H and O–H groups in total. The highest BCUT2D eigenvalue weighted by molar-refractivity contribution is 6.31. The minimum absolute atomic E-state index is 0.134. The summed E-state index contributed by atoms with van der Waals surface area (Å²) in [5, 5.41) is 0.790. The van der Waals surface area contributed by atoms with Crippen molar-refractivity contribution >= 4 is 11.6 Å². The Kier molecular flexibility index (Phi) is 4.44. The Morgan fingerprint density at radius 2 is 1.95 bits per heavy atom. The Balaban J connectivity index is 1.86. The van der Waals surface area contributed by atoms with Gasteiger partial charge in [0.15, 0.2) is 0 Å². The summed E-state index contributed by atoms with van der Waals surface area (Å²) in [6.45, 7) is 0.725. The van der Waals surface area contributed by atoms with Gasteiger partial charge in [-0.15, -0.1) is 0 Å². The van der Waals surface area contributed by atoms with Crippen molar-refractivity contribution in [2.45, 2.75) is 24.8 Å². The number of nitrogens with two attached hydrogens (primary N) is 1. The minimum atomic E-state index is 0.134. The highest BCUT2D eigenvalue weighted by Crippen LogP contribution is 2.36. The van der Waals surface area contributed by atoms with E-state index in [1.165, 1.54) is 5.56 Å². The van der Waals surface area contributed by atoms with Crippen LogP contribution in [0, 0.1) is 0 Å². The molecule has 1 aliphatic rings. The summed E-state index contributed by atoms with van der Waals surface area (Å²) < 4.78 is 5.73. The fourth-order valence-electron chi connectivity index (χ4n) is 3.01. The van der Waals surface area contributed by atoms with E-state index in [0.29, 0.717) is 5.92 Å². The molecule has 21 heavy (non-hydrogen) atoms. The van der Waals surface area contributed by atoms with E-state index in [2.05, 4.69) is 17.6 Å². The largest absolute Gasteiger partial charge is 0.493 e. The molecule has 0 saturated heterocycles. The Bertz CT molecular complexity index is 617. The second-order valence-electron chi connectivity index (χ2n) is 5.35. The van der Waals surface area contributed by atoms with Crippen molar-refractivity contribution < 1.29 is 4.74 Å². The number of hydrogen-bond acceptors (Lipinski definition) is 3. The van der Waals surface area contributed by atoms with E-state index < -0.39 is 0 Å². The van der Waals surface area contributed by atoms with Crippen LogP contribution in [0.15, 0.2) is 48.5 Å². The van der Waals surface area contributed by atoms with Crippen LogP contribution in [0.25, 0.3) is 0 Å². The van der Waals surface area contributed by atoms with Crippen LogP contribution < -0.4 is 16.0 Å². The van der Waals surface area contributed by atoms with Gasteiger partial charge in [-0.25, -0.2) is 0 Å². The zero-order valence-corrected chi connectivity index (χ0v) is 12.5. The first-order valence-electron chi connectivity index (χ1n) is 7.21. The predicted molar refractivity (Wildman–Crippen MR) is 85.6 cm³/mol. The molecule has 2 unspecified atom stereocenters. The van der Waals surface area contributed by atoms with Gasteiger partial charge >= 0.3 is 0 Å². The van der Waals surface area contributed by atoms with Crippen molar-refractivity contribution in [2.24, 2.45) is 5.84 Å². The molecule has 1 heterocycles. The predicted octanol–water partition coefficient (Wildman–Crippen LogP) is 3.28. The highest BCUT2D eigenvalue weighted by Gasteiger charge is 2.28. The summed E-state index contributed by atoms with van der Waals surface area (Å²) in [6, 6.07) is 16.2. The normalized spacial score (nSPS) is 18.7. The molecule has 3 rings (SSSR count). The van der Waals surface area contributed by atoms with Crippen LogP contribution in [-0.4, -0.2) is 12.6 Å². The molecule has 2 aromatic rings. The van der Waals surface area contributed by atoms with Gasteiger partial charge in [-0.1, -0.05) is 48.0 Å². The summed E-state index contributed by atoms with van der Waals surface area (Å²) in [4.78, 5) is 0. The fourth-order valence-corrected chi connectivity index (χ4v) is 3.22. The summed E-state index contributed by atoms with van der Waals surface area (Å²) in [6.07, 6.45) is 1.76. The minimum Gasteiger partial charge on any atom is -0.493 e. The number of rotatable bonds is 4. The van der Waals surface area contributed by atoms with Crippen LogP contribution in [0.3, 0.4) is 0 Å². The van der Waals surface area contributed by atoms with Gasteiger partial charge in [-0.05, 0) is 36.1 Å². The SMILES string of the molecule is NNC(Cc1ccccc1Cl)C1CCOc2ccccc21. The quantitative estimate of drug-likeness (QED) is 0.673. The molecule has 0 saturated carbocycles. The monoisotopic (exact) mass is 302 g/mol. The zero-order chi connectivity index (χ0) is 14.7. The molecule has 4 heteroatoms. The van der Waals surface area contributed by atoms with Gasteiger partial charge in [-0.2, -0.15) is 0 Å². The number of benzene rings is 2. The van der Waals surface area contributed by atoms with Gasteiger partial charge in [0.1, 0.15) is 5.75 Å². The van der Waals surface area contributed by atoms with Gasteiger partial charge in [0.2, 0.25) is 0 Å². The standard InChI is InChI=1S/C17H19ClN2O/c18-15-7-3-1-5-12(15)11-16(20-19)13-9-10-21-17-8-4-2-6-14(13)17/h1-8,13,16,20H,9-11,19H2. The number of ether oxygens (including phenoxy) is 1. The van der Waals surface area contributed by atoms with E-state index in [9.17, 15) is 0 Å². The molecule has 0 aromatic heterocycles. The van der Waals surface area contributed by atoms with E-state index in [-0.39, 0.29) is 6.04 Å². The smallest absolute Gasteiger partial charge is 0.122 e. The van der Waals surface area contributed by atoms with Gasteiger partial charge < -0.3 is 4.74 Å². The first kappa shape index (κ1) is 14.4. The van der Waals surface area contributed by atoms with Crippen LogP contribution in [0.1, 0.15) is 23.5 Å². The number of hydrazine groups is 1. The van der Waals surface area contributed by atoms with Crippen LogP contribution in [-0.2, 0) is 6.42 Å². The number of fused-ring (bicyclic) bond motifs is 1. The lowest BCUT2D eigenvalue weighted by molar-refractivity contribution is 0.245. The maximum absolute atomic E-state index is 6.27. The lowest BCUT2D eigenvalue weighted by Gasteiger charge is -2.32. The highest BCUT2D eigenvalue weighted by atomic mass is 35.5. The lowest BCUT2D eigenvalue weighted by Crippen LogP contribution is -2.43. The molecule has 0 radical (unpaired) electrons. The zero-order valence-electron chi connectivity index (χ0n) is 11.8. The molecule has 110 valence electrons.